The fraction of sp³-hybridized carbons (Fsp3) is 0.240. The molecule has 2 N–H and O–H groups in total. The number of rotatable bonds is 5. The maximum atomic E-state index is 12.3. The molecule has 2 aromatic carbocycles. The van der Waals surface area contributed by atoms with Crippen LogP contribution in [0.25, 0.3) is 27.1 Å². The van der Waals surface area contributed by atoms with E-state index in [-0.39, 0.29) is 18.5 Å². The highest BCUT2D eigenvalue weighted by Crippen LogP contribution is 2.34. The zero-order chi connectivity index (χ0) is 23.5. The molecule has 1 fully saturated rings. The van der Waals surface area contributed by atoms with E-state index in [4.69, 9.17) is 22.1 Å². The van der Waals surface area contributed by atoms with Gasteiger partial charge in [-0.15, -0.1) is 0 Å². The third-order valence-electron chi connectivity index (χ3n) is 5.93. The Morgan fingerprint density at radius 1 is 1.12 bits per heavy atom. The van der Waals surface area contributed by atoms with Crippen molar-refractivity contribution in [3.8, 4) is 22.8 Å². The first-order chi connectivity index (χ1) is 16.6. The molecule has 170 valence electrons. The maximum Gasteiger partial charge on any atom is 0.302 e. The summed E-state index contributed by atoms with van der Waals surface area (Å²) in [6.07, 6.45) is 3.12. The lowest BCUT2D eigenvalue weighted by atomic mass is 10.1. The van der Waals surface area contributed by atoms with Gasteiger partial charge in [0.2, 0.25) is 0 Å². The van der Waals surface area contributed by atoms with Crippen molar-refractivity contribution >= 4 is 22.8 Å². The summed E-state index contributed by atoms with van der Waals surface area (Å²) in [4.78, 5) is 25.9. The molecular weight excluding hydrogens is 430 g/mol. The number of amides is 1. The van der Waals surface area contributed by atoms with E-state index in [1.807, 2.05) is 59.3 Å². The first kappa shape index (κ1) is 21.4. The van der Waals surface area contributed by atoms with Crippen LogP contribution in [0.3, 0.4) is 0 Å². The number of hydrogen-bond acceptors (Lipinski definition) is 6. The normalized spacial score (nSPS) is 15.7. The largest absolute Gasteiger partial charge is 0.457 e. The predicted octanol–water partition coefficient (Wildman–Crippen LogP) is 3.95. The van der Waals surface area contributed by atoms with Gasteiger partial charge < -0.3 is 20.2 Å². The molecular formula is C25H23N7O2. The molecule has 4 aromatic rings. The van der Waals surface area contributed by atoms with Crippen molar-refractivity contribution in [1.82, 2.24) is 24.6 Å². The molecule has 1 amide bonds. The molecule has 5 rings (SSSR count). The monoisotopic (exact) mass is 453 g/mol. The van der Waals surface area contributed by atoms with E-state index in [0.717, 1.165) is 24.2 Å². The van der Waals surface area contributed by atoms with Crippen LogP contribution in [-0.2, 0) is 4.79 Å². The highest BCUT2D eigenvalue weighted by molar-refractivity contribution is 5.98. The first-order valence-electron chi connectivity index (χ1n) is 11.1. The van der Waals surface area contributed by atoms with Gasteiger partial charge in [0, 0.05) is 18.7 Å². The third-order valence-corrected chi connectivity index (χ3v) is 5.93. The van der Waals surface area contributed by atoms with Gasteiger partial charge in [0.25, 0.3) is 6.54 Å². The molecule has 1 aliphatic rings. The average molecular weight is 454 g/mol. The van der Waals surface area contributed by atoms with Gasteiger partial charge in [-0.1, -0.05) is 18.2 Å². The topological polar surface area (TPSA) is 104 Å². The SMILES string of the molecule is [C-]#[N+]CC(=O)N1CCC[C@H](n2nc(-c3ccc(Oc4ccccc4)cc3)c3c(N)ncnc32)C1. The van der Waals surface area contributed by atoms with E-state index in [0.29, 0.717) is 41.4 Å². The van der Waals surface area contributed by atoms with Gasteiger partial charge in [-0.25, -0.2) is 21.2 Å². The molecule has 0 radical (unpaired) electrons. The third kappa shape index (κ3) is 4.13. The van der Waals surface area contributed by atoms with Crippen LogP contribution in [0.4, 0.5) is 5.82 Å². The number of hydrogen-bond donors (Lipinski definition) is 1. The summed E-state index contributed by atoms with van der Waals surface area (Å²) in [6, 6.07) is 17.2. The van der Waals surface area contributed by atoms with Crippen molar-refractivity contribution in [1.29, 1.82) is 0 Å². The standard InChI is InChI=1S/C25H23N7O2/c1-27-14-21(33)31-13-5-6-18(15-31)32-25-22(24(26)28-16-29-25)23(30-32)17-9-11-20(12-10-17)34-19-7-3-2-4-8-19/h2-4,7-12,16,18H,5-6,13-15H2,(H2,26,28,29)/t18-/m0/s1. The number of likely N-dealkylation sites (tertiary alicyclic amines) is 1. The number of nitrogen functional groups attached to an aromatic ring is 1. The number of benzene rings is 2. The molecule has 1 aliphatic heterocycles. The highest BCUT2D eigenvalue weighted by atomic mass is 16.5. The molecule has 34 heavy (non-hydrogen) atoms. The molecule has 3 heterocycles. The Kier molecular flexibility index (Phi) is 5.79. The van der Waals surface area contributed by atoms with Crippen LogP contribution in [0.1, 0.15) is 18.9 Å². The number of nitrogens with two attached hydrogens (primary N) is 1. The van der Waals surface area contributed by atoms with Crippen molar-refractivity contribution in [3.05, 3.63) is 72.3 Å². The van der Waals surface area contributed by atoms with Crippen molar-refractivity contribution < 1.29 is 9.53 Å². The van der Waals surface area contributed by atoms with Crippen LogP contribution < -0.4 is 10.5 Å². The number of nitrogens with zero attached hydrogens (tertiary/aromatic N) is 6. The van der Waals surface area contributed by atoms with Crippen LogP contribution in [0.15, 0.2) is 60.9 Å². The van der Waals surface area contributed by atoms with Crippen LogP contribution in [0.2, 0.25) is 0 Å². The van der Waals surface area contributed by atoms with E-state index < -0.39 is 0 Å². The van der Waals surface area contributed by atoms with E-state index >= 15 is 0 Å². The molecule has 0 bridgehead atoms. The summed E-state index contributed by atoms with van der Waals surface area (Å²) in [5.41, 5.74) is 8.44. The van der Waals surface area contributed by atoms with Gasteiger partial charge in [0.05, 0.1) is 11.4 Å². The minimum Gasteiger partial charge on any atom is -0.457 e. The fourth-order valence-corrected chi connectivity index (χ4v) is 4.31. The number of ether oxygens (including phenoxy) is 1. The zero-order valence-electron chi connectivity index (χ0n) is 18.5. The van der Waals surface area contributed by atoms with Gasteiger partial charge in [-0.2, -0.15) is 5.10 Å². The molecule has 1 saturated heterocycles. The minimum atomic E-state index is -0.153. The Balaban J connectivity index is 1.48. The highest BCUT2D eigenvalue weighted by Gasteiger charge is 2.29. The Labute approximate surface area is 196 Å². The summed E-state index contributed by atoms with van der Waals surface area (Å²) in [7, 11) is 0. The first-order valence-corrected chi connectivity index (χ1v) is 11.1. The second kappa shape index (κ2) is 9.19. The zero-order valence-corrected chi connectivity index (χ0v) is 18.5. The number of aromatic nitrogens is 4. The molecule has 0 aliphatic carbocycles. The van der Waals surface area contributed by atoms with Crippen molar-refractivity contribution in [3.63, 3.8) is 0 Å². The quantitative estimate of drug-likeness (QED) is 0.459. The molecule has 0 unspecified atom stereocenters. The second-order valence-corrected chi connectivity index (χ2v) is 8.14. The predicted molar refractivity (Wildman–Crippen MR) is 128 cm³/mol. The number of anilines is 1. The molecule has 9 nitrogen and oxygen atoms in total. The maximum absolute atomic E-state index is 12.3. The van der Waals surface area contributed by atoms with Crippen molar-refractivity contribution in [2.75, 3.05) is 25.4 Å². The molecule has 0 spiro atoms. The van der Waals surface area contributed by atoms with Gasteiger partial charge in [0.15, 0.2) is 5.65 Å². The Morgan fingerprint density at radius 3 is 2.65 bits per heavy atom. The summed E-state index contributed by atoms with van der Waals surface area (Å²) in [6.45, 7) is 7.99. The number of piperidine rings is 1. The summed E-state index contributed by atoms with van der Waals surface area (Å²) < 4.78 is 7.76. The van der Waals surface area contributed by atoms with Crippen molar-refractivity contribution in [2.45, 2.75) is 18.9 Å². The summed E-state index contributed by atoms with van der Waals surface area (Å²) >= 11 is 0. The van der Waals surface area contributed by atoms with Crippen LogP contribution in [0.5, 0.6) is 11.5 Å². The van der Waals surface area contributed by atoms with Gasteiger partial charge >= 0.3 is 5.91 Å². The van der Waals surface area contributed by atoms with Crippen LogP contribution >= 0.6 is 0 Å². The molecule has 9 heteroatoms. The number of carbonyl (C=O) groups excluding carboxylic acids is 1. The van der Waals surface area contributed by atoms with Crippen LogP contribution in [-0.4, -0.2) is 50.2 Å². The minimum absolute atomic E-state index is 0.0605. The second-order valence-electron chi connectivity index (χ2n) is 8.14. The van der Waals surface area contributed by atoms with E-state index in [2.05, 4.69) is 14.8 Å². The fourth-order valence-electron chi connectivity index (χ4n) is 4.31. The number of carbonyl (C=O) groups is 1. The Bertz CT molecular complexity index is 1360. The van der Waals surface area contributed by atoms with E-state index in [9.17, 15) is 4.79 Å². The smallest absolute Gasteiger partial charge is 0.302 e. The van der Waals surface area contributed by atoms with Gasteiger partial charge in [-0.05, 0) is 49.2 Å². The molecule has 0 saturated carbocycles. The lowest BCUT2D eigenvalue weighted by Crippen LogP contribution is -2.41. The number of fused-ring (bicyclic) bond motifs is 1. The molecule has 1 atom stereocenters. The summed E-state index contributed by atoms with van der Waals surface area (Å²) in [5.74, 6) is 1.67. The summed E-state index contributed by atoms with van der Waals surface area (Å²) in [5, 5.41) is 5.58. The lowest BCUT2D eigenvalue weighted by molar-refractivity contribution is -0.130. The number of para-hydroxylation sites is 1. The molecule has 2 aromatic heterocycles. The van der Waals surface area contributed by atoms with E-state index in [1.54, 1.807) is 4.90 Å². The van der Waals surface area contributed by atoms with Gasteiger partial charge in [-0.3, -0.25) is 4.79 Å². The van der Waals surface area contributed by atoms with Crippen LogP contribution in [0, 0.1) is 6.57 Å². The van der Waals surface area contributed by atoms with Crippen molar-refractivity contribution in [2.24, 2.45) is 0 Å². The average Bonchev–Trinajstić information content (AvgIpc) is 3.26. The lowest BCUT2D eigenvalue weighted by Gasteiger charge is -2.31. The Hall–Kier alpha value is -4.45. The Morgan fingerprint density at radius 2 is 1.88 bits per heavy atom. The van der Waals surface area contributed by atoms with E-state index in [1.165, 1.54) is 6.33 Å². The van der Waals surface area contributed by atoms with Gasteiger partial charge in [0.1, 0.15) is 29.3 Å².